The van der Waals surface area contributed by atoms with Crippen molar-refractivity contribution in [3.63, 3.8) is 0 Å². The van der Waals surface area contributed by atoms with Crippen molar-refractivity contribution in [1.29, 1.82) is 0 Å². The summed E-state index contributed by atoms with van der Waals surface area (Å²) in [5.41, 5.74) is -1.61. The molecule has 0 spiro atoms. The molecule has 1 aromatic rings. The van der Waals surface area contributed by atoms with Gasteiger partial charge in [0.1, 0.15) is 18.3 Å². The maximum Gasteiger partial charge on any atom is 0.313 e. The summed E-state index contributed by atoms with van der Waals surface area (Å²) >= 11 is 1.18. The Kier molecular flexibility index (Phi) is 7.50. The number of ether oxygens (including phenoxy) is 1. The van der Waals surface area contributed by atoms with Crippen LogP contribution in [-0.2, 0) is 19.1 Å². The number of aliphatic hydroxyl groups is 1. The molecule has 196 valence electrons. The van der Waals surface area contributed by atoms with Gasteiger partial charge in [0.25, 0.3) is 0 Å². The Labute approximate surface area is 217 Å². The van der Waals surface area contributed by atoms with Crippen molar-refractivity contribution in [2.75, 3.05) is 5.75 Å². The van der Waals surface area contributed by atoms with E-state index in [0.29, 0.717) is 18.0 Å². The Hall–Kier alpha value is -2.06. The molecule has 3 aliphatic carbocycles. The van der Waals surface area contributed by atoms with E-state index in [0.717, 1.165) is 19.3 Å². The number of carbonyl (C=O) groups excluding carboxylic acids is 3. The van der Waals surface area contributed by atoms with Gasteiger partial charge >= 0.3 is 5.97 Å². The lowest BCUT2D eigenvalue weighted by molar-refractivity contribution is -0.206. The second-order valence-electron chi connectivity index (χ2n) is 11.6. The highest BCUT2D eigenvalue weighted by Gasteiger charge is 2.68. The van der Waals surface area contributed by atoms with Crippen LogP contribution in [-0.4, -0.2) is 50.6 Å². The van der Waals surface area contributed by atoms with Crippen LogP contribution < -0.4 is 0 Å². The molecule has 0 saturated heterocycles. The van der Waals surface area contributed by atoms with Crippen molar-refractivity contribution < 1.29 is 24.2 Å². The zero-order valence-corrected chi connectivity index (χ0v) is 22.6. The molecule has 36 heavy (non-hydrogen) atoms. The zero-order chi connectivity index (χ0) is 26.3. The van der Waals surface area contributed by atoms with Crippen LogP contribution in [0.25, 0.3) is 0 Å². The van der Waals surface area contributed by atoms with E-state index in [2.05, 4.69) is 37.3 Å². The summed E-state index contributed by atoms with van der Waals surface area (Å²) < 4.78 is 6.13. The lowest BCUT2D eigenvalue weighted by Crippen LogP contribution is -2.63. The quantitative estimate of drug-likeness (QED) is 0.187. The van der Waals surface area contributed by atoms with Crippen molar-refractivity contribution in [1.82, 2.24) is 9.97 Å². The number of nitrogens with zero attached hydrogens (tertiary/aromatic N) is 2. The number of rotatable bonds is 7. The number of carbonyl (C=O) groups is 3. The molecule has 4 rings (SSSR count). The average Bonchev–Trinajstić information content (AvgIpc) is 3.22. The smallest absolute Gasteiger partial charge is 0.313 e. The van der Waals surface area contributed by atoms with Crippen LogP contribution in [0.5, 0.6) is 0 Å². The van der Waals surface area contributed by atoms with E-state index >= 15 is 0 Å². The van der Waals surface area contributed by atoms with Gasteiger partial charge in [-0.15, -0.1) is 6.58 Å². The van der Waals surface area contributed by atoms with E-state index in [-0.39, 0.29) is 46.9 Å². The number of hydrogen-bond donors (Lipinski definition) is 1. The molecule has 0 aromatic carbocycles. The van der Waals surface area contributed by atoms with Crippen LogP contribution in [0.15, 0.2) is 36.3 Å². The lowest BCUT2D eigenvalue weighted by Gasteiger charge is -2.61. The largest absolute Gasteiger partial charge is 0.461 e. The number of thioether (sulfide) groups is 1. The van der Waals surface area contributed by atoms with Crippen LogP contribution in [0.2, 0.25) is 0 Å². The van der Waals surface area contributed by atoms with Gasteiger partial charge in [-0.3, -0.25) is 14.4 Å². The highest BCUT2D eigenvalue weighted by atomic mass is 32.2. The fourth-order valence-electron chi connectivity index (χ4n) is 7.42. The van der Waals surface area contributed by atoms with E-state index in [1.807, 2.05) is 6.92 Å². The number of aromatic nitrogens is 2. The monoisotopic (exact) mass is 514 g/mol. The summed E-state index contributed by atoms with van der Waals surface area (Å²) in [6.07, 6.45) is 6.68. The van der Waals surface area contributed by atoms with Gasteiger partial charge in [0.05, 0.1) is 11.9 Å². The molecule has 1 aromatic heterocycles. The van der Waals surface area contributed by atoms with Crippen molar-refractivity contribution in [3.8, 4) is 0 Å². The highest BCUT2D eigenvalue weighted by Crippen LogP contribution is 2.68. The van der Waals surface area contributed by atoms with Gasteiger partial charge in [-0.05, 0) is 49.0 Å². The first kappa shape index (κ1) is 27.0. The highest BCUT2D eigenvalue weighted by molar-refractivity contribution is 7.99. The predicted octanol–water partition coefficient (Wildman–Crippen LogP) is 4.43. The molecule has 0 amide bonds. The Balaban J connectivity index is 1.60. The molecule has 2 unspecified atom stereocenters. The molecule has 2 bridgehead atoms. The van der Waals surface area contributed by atoms with Gasteiger partial charge in [0.2, 0.25) is 0 Å². The SMILES string of the molecule is C=C[C@@]1(C)C[C@@H](OC(=O)CC(=O)CSc2ncccn2)[C@]2(C)C(C)CC[C@]3(CCC(=O)C32)[C@@H](C)[C@@H]1O. The van der Waals surface area contributed by atoms with Crippen LogP contribution >= 0.6 is 11.8 Å². The third-order valence-electron chi connectivity index (χ3n) is 9.82. The van der Waals surface area contributed by atoms with Gasteiger partial charge < -0.3 is 9.84 Å². The molecule has 8 heteroatoms. The van der Waals surface area contributed by atoms with Crippen LogP contribution in [0.3, 0.4) is 0 Å². The first-order valence-electron chi connectivity index (χ1n) is 12.9. The molecular formula is C28H38N2O5S. The number of esters is 1. The molecule has 0 aliphatic heterocycles. The first-order chi connectivity index (χ1) is 17.0. The second-order valence-corrected chi connectivity index (χ2v) is 12.5. The summed E-state index contributed by atoms with van der Waals surface area (Å²) in [7, 11) is 0. The van der Waals surface area contributed by atoms with Gasteiger partial charge in [-0.2, -0.15) is 0 Å². The third-order valence-corrected chi connectivity index (χ3v) is 10.8. The molecule has 3 saturated carbocycles. The number of hydrogen-bond acceptors (Lipinski definition) is 8. The Morgan fingerprint density at radius 3 is 2.61 bits per heavy atom. The van der Waals surface area contributed by atoms with Crippen LogP contribution in [0.1, 0.15) is 66.2 Å². The molecule has 3 aliphatic rings. The minimum Gasteiger partial charge on any atom is -0.461 e. The third kappa shape index (κ3) is 4.44. The molecule has 8 atom stereocenters. The number of ketones is 2. The summed E-state index contributed by atoms with van der Waals surface area (Å²) in [4.78, 5) is 47.3. The Bertz CT molecular complexity index is 1030. The molecule has 0 radical (unpaired) electrons. The molecule has 1 N–H and O–H groups in total. The molecule has 1 heterocycles. The second kappa shape index (κ2) is 10.0. The van der Waals surface area contributed by atoms with Crippen LogP contribution in [0.4, 0.5) is 0 Å². The summed E-state index contributed by atoms with van der Waals surface area (Å²) in [5.74, 6) is -0.801. The normalized spacial score (nSPS) is 40.0. The molecule has 3 fully saturated rings. The van der Waals surface area contributed by atoms with Crippen molar-refractivity contribution in [2.24, 2.45) is 34.0 Å². The number of aliphatic hydroxyl groups excluding tert-OH is 1. The average molecular weight is 515 g/mol. The van der Waals surface area contributed by atoms with Crippen molar-refractivity contribution >= 4 is 29.3 Å². The summed E-state index contributed by atoms with van der Waals surface area (Å²) in [6, 6.07) is 1.70. The van der Waals surface area contributed by atoms with Gasteiger partial charge in [0, 0.05) is 35.6 Å². The van der Waals surface area contributed by atoms with Crippen LogP contribution in [0, 0.1) is 34.0 Å². The van der Waals surface area contributed by atoms with E-state index in [1.165, 1.54) is 11.8 Å². The summed E-state index contributed by atoms with van der Waals surface area (Å²) in [5, 5.41) is 12.1. The van der Waals surface area contributed by atoms with Gasteiger partial charge in [0.15, 0.2) is 10.9 Å². The van der Waals surface area contributed by atoms with E-state index in [4.69, 9.17) is 4.74 Å². The fraction of sp³-hybridized carbons (Fsp3) is 0.679. The molecule has 7 nitrogen and oxygen atoms in total. The molecular weight excluding hydrogens is 476 g/mol. The fourth-order valence-corrected chi connectivity index (χ4v) is 8.08. The van der Waals surface area contributed by atoms with E-state index in [1.54, 1.807) is 24.5 Å². The van der Waals surface area contributed by atoms with Gasteiger partial charge in [-0.25, -0.2) is 9.97 Å². The maximum absolute atomic E-state index is 13.4. The van der Waals surface area contributed by atoms with Crippen molar-refractivity contribution in [2.45, 2.75) is 83.6 Å². The summed E-state index contributed by atoms with van der Waals surface area (Å²) in [6.45, 7) is 12.3. The van der Waals surface area contributed by atoms with Gasteiger partial charge in [-0.1, -0.05) is 45.5 Å². The Morgan fingerprint density at radius 1 is 1.25 bits per heavy atom. The zero-order valence-electron chi connectivity index (χ0n) is 21.7. The topological polar surface area (TPSA) is 106 Å². The Morgan fingerprint density at radius 2 is 1.94 bits per heavy atom. The van der Waals surface area contributed by atoms with E-state index in [9.17, 15) is 19.5 Å². The minimum atomic E-state index is -0.716. The first-order valence-corrected chi connectivity index (χ1v) is 13.9. The van der Waals surface area contributed by atoms with Crippen molar-refractivity contribution in [3.05, 3.63) is 31.1 Å². The maximum atomic E-state index is 13.4. The number of Topliss-reactive ketones (excluding diaryl/α,β-unsaturated/α-hetero) is 2. The predicted molar refractivity (Wildman–Crippen MR) is 137 cm³/mol. The minimum absolute atomic E-state index is 0.0717. The van der Waals surface area contributed by atoms with E-state index < -0.39 is 29.0 Å². The standard InChI is InChI=1S/C28H38N2O5S/c1-6-26(4)15-21(35-22(33)14-19(31)16-36-25-29-12-7-13-30-25)27(5)17(2)8-10-28(18(3)24(26)34)11-9-20(32)23(27)28/h6-7,12-13,17-18,21,23-24,34H,1,8-11,14-16H2,2-5H3/t17?,18-,21+,23?,24-,26-,27-,28-/m0/s1. The lowest BCUT2D eigenvalue weighted by atomic mass is 9.44.